The molecule has 0 amide bonds. The summed E-state index contributed by atoms with van der Waals surface area (Å²) in [5, 5.41) is 0. The Labute approximate surface area is 200 Å². The molecule has 3 aliphatic rings. The van der Waals surface area contributed by atoms with Crippen molar-refractivity contribution in [2.45, 2.75) is 52.5 Å². The second-order valence-electron chi connectivity index (χ2n) is 10.1. The van der Waals surface area contributed by atoms with Gasteiger partial charge in [0.2, 0.25) is 0 Å². The first kappa shape index (κ1) is 25.8. The van der Waals surface area contributed by atoms with E-state index in [9.17, 15) is 26.5 Å². The van der Waals surface area contributed by atoms with Gasteiger partial charge in [-0.2, -0.15) is 0 Å². The molecule has 1 spiro atoms. The van der Waals surface area contributed by atoms with E-state index in [1.807, 2.05) is 0 Å². The monoisotopic (exact) mass is 502 g/mol. The summed E-state index contributed by atoms with van der Waals surface area (Å²) < 4.78 is 87.9. The first-order valence-electron chi connectivity index (χ1n) is 11.7. The first-order valence-corrected chi connectivity index (χ1v) is 11.7. The van der Waals surface area contributed by atoms with Crippen molar-refractivity contribution in [1.29, 1.82) is 0 Å². The zero-order valence-corrected chi connectivity index (χ0v) is 19.6. The lowest BCUT2D eigenvalue weighted by atomic mass is 9.47. The molecule has 1 aliphatic heterocycles. The van der Waals surface area contributed by atoms with E-state index in [1.165, 1.54) is 32.6 Å². The molecule has 0 radical (unpaired) electrons. The van der Waals surface area contributed by atoms with Gasteiger partial charge in [-0.1, -0.05) is 6.92 Å². The third-order valence-corrected chi connectivity index (χ3v) is 7.46. The maximum Gasteiger partial charge on any atom is 0.184 e. The average molecular weight is 502 g/mol. The van der Waals surface area contributed by atoms with Crippen LogP contribution in [0, 0.1) is 53.4 Å². The van der Waals surface area contributed by atoms with Crippen LogP contribution in [-0.4, -0.2) is 13.2 Å². The Morgan fingerprint density at radius 1 is 0.857 bits per heavy atom. The molecular weight excluding hydrogens is 474 g/mol. The topological polar surface area (TPSA) is 27.7 Å². The SMILES string of the molecule is CC1CC2(C1)CC(C1COC(c3cc(F)c(CF)c(F)c3)OC1)C2.Cc1c(F)cc(OF)cc1F. The van der Waals surface area contributed by atoms with Crippen LogP contribution < -0.4 is 4.94 Å². The molecule has 35 heavy (non-hydrogen) atoms. The van der Waals surface area contributed by atoms with Gasteiger partial charge in [-0.3, -0.25) is 4.94 Å². The van der Waals surface area contributed by atoms with Crippen LogP contribution in [-0.2, 0) is 16.1 Å². The van der Waals surface area contributed by atoms with Crippen molar-refractivity contribution in [2.75, 3.05) is 13.2 Å². The van der Waals surface area contributed by atoms with E-state index >= 15 is 0 Å². The number of ether oxygens (including phenoxy) is 2. The smallest absolute Gasteiger partial charge is 0.184 e. The van der Waals surface area contributed by atoms with Crippen LogP contribution in [0.4, 0.5) is 26.5 Å². The van der Waals surface area contributed by atoms with Gasteiger partial charge in [0, 0.05) is 33.7 Å². The fourth-order valence-corrected chi connectivity index (χ4v) is 5.67. The van der Waals surface area contributed by atoms with Gasteiger partial charge in [-0.05, 0) is 62.0 Å². The molecule has 9 heteroatoms. The molecule has 0 unspecified atom stereocenters. The summed E-state index contributed by atoms with van der Waals surface area (Å²) in [4.78, 5) is 3.15. The molecule has 3 nitrogen and oxygen atoms in total. The van der Waals surface area contributed by atoms with E-state index in [2.05, 4.69) is 11.9 Å². The van der Waals surface area contributed by atoms with Crippen LogP contribution >= 0.6 is 0 Å². The van der Waals surface area contributed by atoms with Gasteiger partial charge in [0.1, 0.15) is 29.9 Å². The van der Waals surface area contributed by atoms with Gasteiger partial charge in [-0.15, -0.1) is 0 Å². The zero-order valence-electron chi connectivity index (χ0n) is 19.6. The highest BCUT2D eigenvalue weighted by atomic mass is 19.3. The van der Waals surface area contributed by atoms with E-state index in [4.69, 9.17) is 9.47 Å². The van der Waals surface area contributed by atoms with Crippen LogP contribution in [0.1, 0.15) is 55.6 Å². The van der Waals surface area contributed by atoms with Gasteiger partial charge in [0.25, 0.3) is 0 Å². The molecule has 2 saturated carbocycles. The second kappa shape index (κ2) is 10.4. The molecule has 0 aromatic heterocycles. The highest BCUT2D eigenvalue weighted by molar-refractivity contribution is 5.29. The standard InChI is InChI=1S/C19H23F3O2.C7H5F3O/c1-11-4-19(5-11)6-13(7-19)14-9-23-18(24-10-14)12-2-16(21)15(8-20)17(22)3-12;1-4-6(8)2-5(11-10)3-7(4)9/h2-3,11,13-14,18H,4-10H2,1H3;2-3H,1H3. The summed E-state index contributed by atoms with van der Waals surface area (Å²) in [5.74, 6) is -2.01. The third kappa shape index (κ3) is 5.45. The first-order chi connectivity index (χ1) is 16.6. The molecule has 5 rings (SSSR count). The Morgan fingerprint density at radius 3 is 1.86 bits per heavy atom. The molecule has 2 aromatic rings. The summed E-state index contributed by atoms with van der Waals surface area (Å²) in [7, 11) is 0. The molecule has 0 bridgehead atoms. The van der Waals surface area contributed by atoms with E-state index in [0.29, 0.717) is 30.5 Å². The minimum Gasteiger partial charge on any atom is -0.348 e. The molecular formula is C26H28F6O3. The number of rotatable bonds is 4. The van der Waals surface area contributed by atoms with E-state index in [0.717, 1.165) is 30.2 Å². The number of benzene rings is 2. The largest absolute Gasteiger partial charge is 0.348 e. The Bertz CT molecular complexity index is 993. The van der Waals surface area contributed by atoms with Crippen molar-refractivity contribution in [3.05, 3.63) is 64.2 Å². The Balaban J connectivity index is 0.000000221. The van der Waals surface area contributed by atoms with Gasteiger partial charge in [-0.25, -0.2) is 22.0 Å². The van der Waals surface area contributed by atoms with Crippen molar-refractivity contribution in [3.63, 3.8) is 0 Å². The predicted octanol–water partition coefficient (Wildman–Crippen LogP) is 7.46. The van der Waals surface area contributed by atoms with Crippen LogP contribution in [0.3, 0.4) is 0 Å². The molecule has 1 heterocycles. The molecule has 0 atom stereocenters. The van der Waals surface area contributed by atoms with E-state index in [1.54, 1.807) is 0 Å². The third-order valence-electron chi connectivity index (χ3n) is 7.46. The molecule has 0 N–H and O–H groups in total. The van der Waals surface area contributed by atoms with Crippen molar-refractivity contribution < 1.29 is 40.9 Å². The molecule has 192 valence electrons. The predicted molar refractivity (Wildman–Crippen MR) is 116 cm³/mol. The van der Waals surface area contributed by atoms with Crippen LogP contribution in [0.25, 0.3) is 0 Å². The number of hydrogen-bond acceptors (Lipinski definition) is 3. The zero-order chi connectivity index (χ0) is 25.3. The fraction of sp³-hybridized carbons (Fsp3) is 0.538. The molecule has 2 aliphatic carbocycles. The quantitative estimate of drug-likeness (QED) is 0.406. The van der Waals surface area contributed by atoms with Gasteiger partial charge in [0.15, 0.2) is 12.0 Å². The molecule has 1 saturated heterocycles. The van der Waals surface area contributed by atoms with E-state index in [-0.39, 0.29) is 11.1 Å². The molecule has 2 aromatic carbocycles. The lowest BCUT2D eigenvalue weighted by Crippen LogP contribution is -2.51. The van der Waals surface area contributed by atoms with Crippen LogP contribution in [0.2, 0.25) is 0 Å². The number of alkyl halides is 1. The summed E-state index contributed by atoms with van der Waals surface area (Å²) in [6.45, 7) is 3.51. The Morgan fingerprint density at radius 2 is 1.40 bits per heavy atom. The highest BCUT2D eigenvalue weighted by Gasteiger charge is 2.53. The Hall–Kier alpha value is -2.26. The maximum absolute atomic E-state index is 13.7. The molecule has 3 fully saturated rings. The number of hydrogen-bond donors (Lipinski definition) is 0. The maximum atomic E-state index is 13.7. The fourth-order valence-electron chi connectivity index (χ4n) is 5.67. The van der Waals surface area contributed by atoms with Crippen molar-refractivity contribution in [1.82, 2.24) is 0 Å². The average Bonchev–Trinajstić information content (AvgIpc) is 2.79. The minimum absolute atomic E-state index is 0.147. The highest BCUT2D eigenvalue weighted by Crippen LogP contribution is 2.62. The summed E-state index contributed by atoms with van der Waals surface area (Å²) in [6, 6.07) is 3.77. The van der Waals surface area contributed by atoms with Crippen molar-refractivity contribution >= 4 is 0 Å². The normalized spacial score (nSPS) is 29.6. The van der Waals surface area contributed by atoms with Crippen molar-refractivity contribution in [3.8, 4) is 5.75 Å². The van der Waals surface area contributed by atoms with Crippen molar-refractivity contribution in [2.24, 2.45) is 23.2 Å². The Kier molecular flexibility index (Phi) is 7.66. The van der Waals surface area contributed by atoms with Gasteiger partial charge < -0.3 is 9.47 Å². The van der Waals surface area contributed by atoms with Crippen LogP contribution in [0.5, 0.6) is 5.75 Å². The number of halogens is 6. The van der Waals surface area contributed by atoms with E-state index < -0.39 is 47.5 Å². The summed E-state index contributed by atoms with van der Waals surface area (Å²) >= 11 is 0. The second-order valence-corrected chi connectivity index (χ2v) is 10.1. The lowest BCUT2D eigenvalue weighted by molar-refractivity contribution is -0.228. The van der Waals surface area contributed by atoms with Gasteiger partial charge >= 0.3 is 0 Å². The lowest BCUT2D eigenvalue weighted by Gasteiger charge is -2.59. The minimum atomic E-state index is -1.16. The summed E-state index contributed by atoms with van der Waals surface area (Å²) in [6.07, 6.45) is 4.44. The van der Waals surface area contributed by atoms with Gasteiger partial charge in [0.05, 0.1) is 18.8 Å². The van der Waals surface area contributed by atoms with Crippen LogP contribution in [0.15, 0.2) is 24.3 Å². The summed E-state index contributed by atoms with van der Waals surface area (Å²) in [5.41, 5.74) is 0.182.